The molecule has 0 spiro atoms. The molecule has 180 valence electrons. The fourth-order valence-electron chi connectivity index (χ4n) is 3.36. The molecule has 4 aromatic rings. The van der Waals surface area contributed by atoms with E-state index in [2.05, 4.69) is 10.0 Å². The van der Waals surface area contributed by atoms with E-state index in [-0.39, 0.29) is 17.3 Å². The zero-order valence-electron chi connectivity index (χ0n) is 19.0. The van der Waals surface area contributed by atoms with Gasteiger partial charge in [0, 0.05) is 12.1 Å². The Bertz CT molecular complexity index is 1320. The second-order valence-corrected chi connectivity index (χ2v) is 9.62. The van der Waals surface area contributed by atoms with Crippen LogP contribution in [0.2, 0.25) is 0 Å². The maximum Gasteiger partial charge on any atom is 0.251 e. The second-order valence-electron chi connectivity index (χ2n) is 7.85. The average Bonchev–Trinajstić information content (AvgIpc) is 3.42. The van der Waals surface area contributed by atoms with E-state index in [0.29, 0.717) is 30.9 Å². The van der Waals surface area contributed by atoms with Gasteiger partial charge in [0.15, 0.2) is 0 Å². The van der Waals surface area contributed by atoms with Crippen LogP contribution in [-0.2, 0) is 29.6 Å². The summed E-state index contributed by atoms with van der Waals surface area (Å²) in [5.41, 5.74) is 2.57. The molecule has 1 amide bonds. The maximum absolute atomic E-state index is 12.4. The molecule has 3 aromatic carbocycles. The number of carbonyl (C=O) groups is 1. The number of carbonyl (C=O) groups excluding carboxylic acids is 1. The van der Waals surface area contributed by atoms with Crippen LogP contribution in [0.25, 0.3) is 0 Å². The Balaban J connectivity index is 1.22. The van der Waals surface area contributed by atoms with Crippen molar-refractivity contribution >= 4 is 15.9 Å². The lowest BCUT2D eigenvalue weighted by Crippen LogP contribution is -2.26. The molecular weight excluding hydrogens is 464 g/mol. The van der Waals surface area contributed by atoms with Crippen molar-refractivity contribution in [3.05, 3.63) is 120 Å². The van der Waals surface area contributed by atoms with Crippen LogP contribution in [0.5, 0.6) is 5.75 Å². The van der Waals surface area contributed by atoms with E-state index in [1.54, 1.807) is 12.1 Å². The third-order valence-electron chi connectivity index (χ3n) is 5.31. The number of sulfonamides is 1. The number of rotatable bonds is 11. The Kier molecular flexibility index (Phi) is 7.97. The van der Waals surface area contributed by atoms with Gasteiger partial charge in [0.25, 0.3) is 5.91 Å². The van der Waals surface area contributed by atoms with Crippen LogP contribution in [-0.4, -0.2) is 20.9 Å². The molecule has 35 heavy (non-hydrogen) atoms. The molecule has 0 aliphatic rings. The first-order valence-corrected chi connectivity index (χ1v) is 12.6. The van der Waals surface area contributed by atoms with Gasteiger partial charge in [0.1, 0.15) is 18.1 Å². The summed E-state index contributed by atoms with van der Waals surface area (Å²) in [6.07, 6.45) is 2.14. The summed E-state index contributed by atoms with van der Waals surface area (Å²) in [6.45, 7) is 1.02. The van der Waals surface area contributed by atoms with E-state index in [1.807, 2.05) is 54.6 Å². The summed E-state index contributed by atoms with van der Waals surface area (Å²) in [6, 6.07) is 26.9. The Morgan fingerprint density at radius 1 is 0.829 bits per heavy atom. The van der Waals surface area contributed by atoms with Gasteiger partial charge < -0.3 is 14.5 Å². The summed E-state index contributed by atoms with van der Waals surface area (Å²) in [5, 5.41) is 2.86. The van der Waals surface area contributed by atoms with Crippen molar-refractivity contribution in [2.45, 2.75) is 24.5 Å². The molecule has 0 fully saturated rings. The summed E-state index contributed by atoms with van der Waals surface area (Å²) in [7, 11) is -3.71. The van der Waals surface area contributed by atoms with Crippen molar-refractivity contribution in [1.82, 2.24) is 10.0 Å². The Morgan fingerprint density at radius 2 is 1.57 bits per heavy atom. The highest BCUT2D eigenvalue weighted by molar-refractivity contribution is 7.89. The molecule has 0 unspecified atom stereocenters. The molecule has 0 saturated heterocycles. The van der Waals surface area contributed by atoms with Crippen LogP contribution in [0.15, 0.2) is 107 Å². The summed E-state index contributed by atoms with van der Waals surface area (Å²) < 4.78 is 38.2. The molecule has 0 radical (unpaired) electrons. The van der Waals surface area contributed by atoms with E-state index in [0.717, 1.165) is 16.9 Å². The van der Waals surface area contributed by atoms with Crippen LogP contribution < -0.4 is 14.8 Å². The molecule has 0 atom stereocenters. The van der Waals surface area contributed by atoms with E-state index in [9.17, 15) is 13.2 Å². The summed E-state index contributed by atoms with van der Waals surface area (Å²) >= 11 is 0. The monoisotopic (exact) mass is 490 g/mol. The minimum atomic E-state index is -3.71. The molecular formula is C27H26N2O5S. The first-order chi connectivity index (χ1) is 17.0. The normalized spacial score (nSPS) is 11.2. The van der Waals surface area contributed by atoms with Gasteiger partial charge in [-0.1, -0.05) is 42.5 Å². The lowest BCUT2D eigenvalue weighted by molar-refractivity contribution is 0.0954. The fourth-order valence-corrected chi connectivity index (χ4v) is 4.36. The highest BCUT2D eigenvalue weighted by Gasteiger charge is 2.15. The number of furan rings is 1. The van der Waals surface area contributed by atoms with Crippen LogP contribution in [0, 0.1) is 0 Å². The van der Waals surface area contributed by atoms with Crippen LogP contribution >= 0.6 is 0 Å². The van der Waals surface area contributed by atoms with Gasteiger partial charge >= 0.3 is 0 Å². The van der Waals surface area contributed by atoms with Crippen LogP contribution in [0.3, 0.4) is 0 Å². The van der Waals surface area contributed by atoms with Crippen LogP contribution in [0.4, 0.5) is 0 Å². The fraction of sp³-hybridized carbons (Fsp3) is 0.148. The zero-order chi connectivity index (χ0) is 24.5. The predicted octanol–water partition coefficient (Wildman–Crippen LogP) is 4.31. The van der Waals surface area contributed by atoms with Crippen LogP contribution in [0.1, 0.15) is 27.2 Å². The second kappa shape index (κ2) is 11.5. The molecule has 0 saturated carbocycles. The smallest absolute Gasteiger partial charge is 0.251 e. The van der Waals surface area contributed by atoms with Crippen molar-refractivity contribution in [3.8, 4) is 5.75 Å². The molecule has 0 aliphatic carbocycles. The van der Waals surface area contributed by atoms with Gasteiger partial charge in [-0.05, 0) is 66.1 Å². The van der Waals surface area contributed by atoms with Crippen molar-refractivity contribution in [3.63, 3.8) is 0 Å². The largest absolute Gasteiger partial charge is 0.489 e. The molecule has 7 nitrogen and oxygen atoms in total. The van der Waals surface area contributed by atoms with Gasteiger partial charge in [-0.15, -0.1) is 0 Å². The number of amides is 1. The van der Waals surface area contributed by atoms with E-state index < -0.39 is 10.0 Å². The van der Waals surface area contributed by atoms with Gasteiger partial charge in [0.2, 0.25) is 10.0 Å². The van der Waals surface area contributed by atoms with Crippen molar-refractivity contribution in [2.24, 2.45) is 0 Å². The Hall–Kier alpha value is -3.88. The van der Waals surface area contributed by atoms with E-state index in [1.165, 1.54) is 30.5 Å². The number of hydrogen-bond acceptors (Lipinski definition) is 5. The van der Waals surface area contributed by atoms with E-state index >= 15 is 0 Å². The first kappa shape index (κ1) is 24.3. The highest BCUT2D eigenvalue weighted by Crippen LogP contribution is 2.15. The zero-order valence-corrected chi connectivity index (χ0v) is 19.8. The van der Waals surface area contributed by atoms with Gasteiger partial charge in [-0.2, -0.15) is 0 Å². The standard InChI is InChI=1S/C27H26N2O5S/c30-27(23-10-14-26(15-11-23)35(31,32)29-19-25-7-4-18-33-25)28-17-16-21-8-12-24(13-9-21)34-20-22-5-2-1-3-6-22/h1-15,18,29H,16-17,19-20H2,(H,28,30). The predicted molar refractivity (Wildman–Crippen MR) is 132 cm³/mol. The molecule has 8 heteroatoms. The molecule has 1 aromatic heterocycles. The third kappa shape index (κ3) is 7.05. The number of nitrogens with one attached hydrogen (secondary N) is 2. The van der Waals surface area contributed by atoms with E-state index in [4.69, 9.17) is 9.15 Å². The number of benzene rings is 3. The van der Waals surface area contributed by atoms with Crippen molar-refractivity contribution < 1.29 is 22.4 Å². The first-order valence-electron chi connectivity index (χ1n) is 11.2. The molecule has 2 N–H and O–H groups in total. The highest BCUT2D eigenvalue weighted by atomic mass is 32.2. The lowest BCUT2D eigenvalue weighted by Gasteiger charge is -2.09. The van der Waals surface area contributed by atoms with Gasteiger partial charge in [-0.3, -0.25) is 4.79 Å². The molecule has 1 heterocycles. The molecule has 4 rings (SSSR count). The molecule has 0 bridgehead atoms. The topological polar surface area (TPSA) is 97.6 Å². The van der Waals surface area contributed by atoms with Crippen molar-refractivity contribution in [1.29, 1.82) is 0 Å². The number of ether oxygens (including phenoxy) is 1. The third-order valence-corrected chi connectivity index (χ3v) is 6.73. The molecule has 0 aliphatic heterocycles. The SMILES string of the molecule is O=C(NCCc1ccc(OCc2ccccc2)cc1)c1ccc(S(=O)(=O)NCc2ccco2)cc1. The summed E-state index contributed by atoms with van der Waals surface area (Å²) in [4.78, 5) is 12.5. The quantitative estimate of drug-likeness (QED) is 0.327. The van der Waals surface area contributed by atoms with Gasteiger partial charge in [0.05, 0.1) is 17.7 Å². The summed E-state index contributed by atoms with van der Waals surface area (Å²) in [5.74, 6) is 1.04. The number of hydrogen-bond donors (Lipinski definition) is 2. The average molecular weight is 491 g/mol. The Morgan fingerprint density at radius 3 is 2.26 bits per heavy atom. The Labute approximate surface area is 204 Å². The lowest BCUT2D eigenvalue weighted by atomic mass is 10.1. The minimum Gasteiger partial charge on any atom is -0.489 e. The van der Waals surface area contributed by atoms with Gasteiger partial charge in [-0.25, -0.2) is 13.1 Å². The maximum atomic E-state index is 12.4. The minimum absolute atomic E-state index is 0.0533. The van der Waals surface area contributed by atoms with Crippen molar-refractivity contribution in [2.75, 3.05) is 6.54 Å².